The zero-order valence-corrected chi connectivity index (χ0v) is 14.3. The zero-order chi connectivity index (χ0) is 18.5. The van der Waals surface area contributed by atoms with Gasteiger partial charge in [0, 0.05) is 30.4 Å². The van der Waals surface area contributed by atoms with Crippen LogP contribution in [0.5, 0.6) is 5.75 Å². The van der Waals surface area contributed by atoms with Crippen molar-refractivity contribution in [1.29, 1.82) is 5.26 Å². The second kappa shape index (κ2) is 7.76. The van der Waals surface area contributed by atoms with Gasteiger partial charge in [-0.25, -0.2) is 0 Å². The van der Waals surface area contributed by atoms with Crippen LogP contribution in [0.15, 0.2) is 42.6 Å². The number of hydrogen-bond donors (Lipinski definition) is 2. The maximum atomic E-state index is 9.45. The van der Waals surface area contributed by atoms with E-state index in [1.54, 1.807) is 31.4 Å². The van der Waals surface area contributed by atoms with Gasteiger partial charge in [0.15, 0.2) is 0 Å². The zero-order valence-electron chi connectivity index (χ0n) is 14.3. The molecular formula is C19H17BN4O2. The van der Waals surface area contributed by atoms with E-state index in [4.69, 9.17) is 23.1 Å². The van der Waals surface area contributed by atoms with E-state index in [1.807, 2.05) is 12.1 Å². The number of nitriles is 1. The topological polar surface area (TPSA) is 93.2 Å². The Morgan fingerprint density at radius 1 is 1.27 bits per heavy atom. The average Bonchev–Trinajstić information content (AvgIpc) is 2.63. The lowest BCUT2D eigenvalue weighted by Crippen LogP contribution is -2.06. The molecule has 0 fully saturated rings. The number of nitrogens with zero attached hydrogens (tertiary/aromatic N) is 2. The second-order valence-corrected chi connectivity index (χ2v) is 5.66. The molecule has 1 heterocycles. The molecule has 2 aromatic carbocycles. The van der Waals surface area contributed by atoms with Gasteiger partial charge >= 0.3 is 0 Å². The number of fused-ring (bicyclic) bond motifs is 1. The first-order chi connectivity index (χ1) is 12.6. The summed E-state index contributed by atoms with van der Waals surface area (Å²) in [5.74, 6) is 0.529. The molecule has 3 aromatic rings. The summed E-state index contributed by atoms with van der Waals surface area (Å²) in [4.78, 5) is 4.35. The van der Waals surface area contributed by atoms with Crippen molar-refractivity contribution in [2.24, 2.45) is 0 Å². The Bertz CT molecular complexity index is 985. The van der Waals surface area contributed by atoms with Crippen molar-refractivity contribution in [3.8, 4) is 11.8 Å². The molecule has 0 atom stereocenters. The van der Waals surface area contributed by atoms with E-state index in [0.29, 0.717) is 46.9 Å². The van der Waals surface area contributed by atoms with Crippen LogP contribution in [-0.2, 0) is 4.74 Å². The lowest BCUT2D eigenvalue weighted by Gasteiger charge is -2.14. The smallest absolute Gasteiger partial charge is 0.144 e. The summed E-state index contributed by atoms with van der Waals surface area (Å²) in [6.45, 7) is 0.845. The van der Waals surface area contributed by atoms with Crippen molar-refractivity contribution in [3.63, 3.8) is 0 Å². The summed E-state index contributed by atoms with van der Waals surface area (Å²) in [7, 11) is 7.44. The Hall–Kier alpha value is -3.24. The summed E-state index contributed by atoms with van der Waals surface area (Å²) in [6.07, 6.45) is 1.52. The minimum atomic E-state index is 0.386. The van der Waals surface area contributed by atoms with Gasteiger partial charge < -0.3 is 20.5 Å². The molecule has 0 saturated carbocycles. The third-order valence-corrected chi connectivity index (χ3v) is 3.82. The molecule has 0 bridgehead atoms. The molecule has 3 rings (SSSR count). The largest absolute Gasteiger partial charge is 0.489 e. The van der Waals surface area contributed by atoms with Crippen molar-refractivity contribution < 1.29 is 9.47 Å². The monoisotopic (exact) mass is 344 g/mol. The highest BCUT2D eigenvalue weighted by atomic mass is 16.5. The Kier molecular flexibility index (Phi) is 5.25. The van der Waals surface area contributed by atoms with Gasteiger partial charge in [0.25, 0.3) is 0 Å². The first kappa shape index (κ1) is 17.6. The van der Waals surface area contributed by atoms with Crippen molar-refractivity contribution >= 4 is 41.3 Å². The summed E-state index contributed by atoms with van der Waals surface area (Å²) < 4.78 is 10.6. The molecule has 0 saturated heterocycles. The SMILES string of the molecule is [B]c1cccc(Nc2c(C#N)cnc3cc(OCCOC)c(N)cc23)c1. The van der Waals surface area contributed by atoms with Gasteiger partial charge in [-0.1, -0.05) is 17.6 Å². The van der Waals surface area contributed by atoms with E-state index in [9.17, 15) is 5.26 Å². The molecule has 3 N–H and O–H groups in total. The van der Waals surface area contributed by atoms with Crippen LogP contribution in [0.4, 0.5) is 17.1 Å². The number of benzene rings is 2. The van der Waals surface area contributed by atoms with Crippen molar-refractivity contribution in [2.45, 2.75) is 0 Å². The second-order valence-electron chi connectivity index (χ2n) is 5.66. The van der Waals surface area contributed by atoms with E-state index in [0.717, 1.165) is 11.1 Å². The van der Waals surface area contributed by atoms with E-state index < -0.39 is 0 Å². The molecule has 0 aliphatic heterocycles. The van der Waals surface area contributed by atoms with Crippen LogP contribution in [0.2, 0.25) is 0 Å². The van der Waals surface area contributed by atoms with Gasteiger partial charge in [-0.2, -0.15) is 5.26 Å². The predicted molar refractivity (Wildman–Crippen MR) is 103 cm³/mol. The molecule has 7 heteroatoms. The molecule has 0 spiro atoms. The number of nitrogens with two attached hydrogens (primary N) is 1. The predicted octanol–water partition coefficient (Wildman–Crippen LogP) is 2.25. The van der Waals surface area contributed by atoms with Gasteiger partial charge in [-0.05, 0) is 18.2 Å². The van der Waals surface area contributed by atoms with E-state index in [1.165, 1.54) is 6.20 Å². The normalized spacial score (nSPS) is 10.5. The quantitative estimate of drug-likeness (QED) is 0.405. The molecule has 2 radical (unpaired) electrons. The van der Waals surface area contributed by atoms with Gasteiger partial charge in [0.2, 0.25) is 0 Å². The number of hydrogen-bond acceptors (Lipinski definition) is 6. The lowest BCUT2D eigenvalue weighted by atomic mass is 9.96. The number of nitrogen functional groups attached to an aromatic ring is 1. The molecule has 26 heavy (non-hydrogen) atoms. The number of anilines is 3. The summed E-state index contributed by atoms with van der Waals surface area (Å²) in [6, 6.07) is 13.0. The average molecular weight is 344 g/mol. The van der Waals surface area contributed by atoms with Crippen LogP contribution in [-0.4, -0.2) is 33.2 Å². The molecule has 128 valence electrons. The van der Waals surface area contributed by atoms with Crippen LogP contribution < -0.4 is 21.3 Å². The van der Waals surface area contributed by atoms with Crippen LogP contribution >= 0.6 is 0 Å². The van der Waals surface area contributed by atoms with Crippen LogP contribution in [0, 0.1) is 11.3 Å². The fourth-order valence-electron chi connectivity index (χ4n) is 2.58. The molecule has 0 unspecified atom stereocenters. The Labute approximate surface area is 153 Å². The summed E-state index contributed by atoms with van der Waals surface area (Å²) in [5.41, 5.74) is 9.68. The Balaban J connectivity index is 2.05. The summed E-state index contributed by atoms with van der Waals surface area (Å²) >= 11 is 0. The van der Waals surface area contributed by atoms with Gasteiger partial charge in [0.05, 0.1) is 29.1 Å². The van der Waals surface area contributed by atoms with E-state index in [-0.39, 0.29) is 0 Å². The number of ether oxygens (including phenoxy) is 2. The van der Waals surface area contributed by atoms with E-state index >= 15 is 0 Å². The van der Waals surface area contributed by atoms with Gasteiger partial charge in [-0.3, -0.25) is 4.98 Å². The highest BCUT2D eigenvalue weighted by Crippen LogP contribution is 2.34. The number of nitrogens with one attached hydrogen (secondary N) is 1. The standard InChI is InChI=1S/C19H17BN4O2/c1-25-5-6-26-18-9-17-15(8-16(18)22)19(12(10-21)11-23-17)24-14-4-2-3-13(20)7-14/h2-4,7-9,11H,5-6,22H2,1H3,(H,23,24). The number of rotatable bonds is 6. The number of aromatic nitrogens is 1. The number of methoxy groups -OCH3 is 1. The van der Waals surface area contributed by atoms with Gasteiger partial charge in [-0.15, -0.1) is 0 Å². The minimum Gasteiger partial charge on any atom is -0.489 e. The first-order valence-corrected chi connectivity index (χ1v) is 7.99. The maximum Gasteiger partial charge on any atom is 0.144 e. The van der Waals surface area contributed by atoms with Crippen molar-refractivity contribution in [3.05, 3.63) is 48.2 Å². The van der Waals surface area contributed by atoms with E-state index in [2.05, 4.69) is 16.4 Å². The lowest BCUT2D eigenvalue weighted by molar-refractivity contribution is 0.147. The molecule has 1 aromatic heterocycles. The van der Waals surface area contributed by atoms with Crippen molar-refractivity contribution in [2.75, 3.05) is 31.4 Å². The highest BCUT2D eigenvalue weighted by Gasteiger charge is 2.13. The summed E-state index contributed by atoms with van der Waals surface area (Å²) in [5, 5.41) is 13.4. The van der Waals surface area contributed by atoms with Crippen LogP contribution in [0.3, 0.4) is 0 Å². The fraction of sp³-hybridized carbons (Fsp3) is 0.158. The molecule has 0 aliphatic carbocycles. The molecule has 0 aliphatic rings. The third kappa shape index (κ3) is 3.71. The first-order valence-electron chi connectivity index (χ1n) is 7.99. The van der Waals surface area contributed by atoms with Crippen molar-refractivity contribution in [1.82, 2.24) is 4.98 Å². The third-order valence-electron chi connectivity index (χ3n) is 3.82. The Morgan fingerprint density at radius 2 is 2.12 bits per heavy atom. The minimum absolute atomic E-state index is 0.386. The fourth-order valence-corrected chi connectivity index (χ4v) is 2.58. The van der Waals surface area contributed by atoms with Crippen LogP contribution in [0.1, 0.15) is 5.56 Å². The Morgan fingerprint density at radius 3 is 2.85 bits per heavy atom. The number of pyridine rings is 1. The van der Waals surface area contributed by atoms with Gasteiger partial charge in [0.1, 0.15) is 26.3 Å². The maximum absolute atomic E-state index is 9.45. The molecular weight excluding hydrogens is 327 g/mol. The highest BCUT2D eigenvalue weighted by molar-refractivity contribution is 6.32. The van der Waals surface area contributed by atoms with Crippen LogP contribution in [0.25, 0.3) is 10.9 Å². The molecule has 0 amide bonds. The molecule has 6 nitrogen and oxygen atoms in total.